The summed E-state index contributed by atoms with van der Waals surface area (Å²) in [7, 11) is 0. The maximum atomic E-state index is 3.81. The molecule has 0 aromatic heterocycles. The lowest BCUT2D eigenvalue weighted by atomic mass is 9.88. The van der Waals surface area contributed by atoms with Gasteiger partial charge in [-0.2, -0.15) is 0 Å². The summed E-state index contributed by atoms with van der Waals surface area (Å²) in [6.45, 7) is 12.2. The van der Waals surface area contributed by atoms with Gasteiger partial charge in [-0.3, -0.25) is 4.90 Å². The summed E-state index contributed by atoms with van der Waals surface area (Å²) in [4.78, 5) is 2.59. The molecule has 0 amide bonds. The summed E-state index contributed by atoms with van der Waals surface area (Å²) in [6, 6.07) is 0.641. The maximum Gasteiger partial charge on any atom is 0.0605 e. The highest BCUT2D eigenvalue weighted by Gasteiger charge is 2.46. The minimum Gasteiger partial charge on any atom is -0.308 e. The molecule has 0 bridgehead atoms. The standard InChI is InChI=1S/C15H26N2/c1-5-6-9-17-11-15(4,13-7-8-13)16-10-14(17)12(2)3/h12-14,16H,7-11H2,1-4H3. The van der Waals surface area contributed by atoms with Crippen LogP contribution < -0.4 is 5.32 Å². The Balaban J connectivity index is 2.05. The van der Waals surface area contributed by atoms with Crippen molar-refractivity contribution in [3.05, 3.63) is 0 Å². The van der Waals surface area contributed by atoms with Crippen LogP contribution in [0.5, 0.6) is 0 Å². The lowest BCUT2D eigenvalue weighted by molar-refractivity contribution is 0.0640. The third kappa shape index (κ3) is 2.84. The van der Waals surface area contributed by atoms with Crippen molar-refractivity contribution in [3.63, 3.8) is 0 Å². The predicted molar refractivity (Wildman–Crippen MR) is 72.8 cm³/mol. The van der Waals surface area contributed by atoms with Gasteiger partial charge in [0.05, 0.1) is 6.54 Å². The molecular formula is C15H26N2. The highest BCUT2D eigenvalue weighted by atomic mass is 15.3. The highest BCUT2D eigenvalue weighted by molar-refractivity contribution is 5.07. The van der Waals surface area contributed by atoms with Crippen molar-refractivity contribution in [3.8, 4) is 11.8 Å². The Morgan fingerprint density at radius 3 is 2.65 bits per heavy atom. The zero-order valence-electron chi connectivity index (χ0n) is 11.7. The van der Waals surface area contributed by atoms with Crippen molar-refractivity contribution in [2.45, 2.75) is 52.1 Å². The number of nitrogens with zero attached hydrogens (tertiary/aromatic N) is 1. The third-order valence-electron chi connectivity index (χ3n) is 4.42. The van der Waals surface area contributed by atoms with E-state index in [1.807, 2.05) is 6.92 Å². The van der Waals surface area contributed by atoms with Gasteiger partial charge in [-0.1, -0.05) is 19.8 Å². The molecule has 2 unspecified atom stereocenters. The van der Waals surface area contributed by atoms with E-state index in [1.165, 1.54) is 12.8 Å². The topological polar surface area (TPSA) is 15.3 Å². The zero-order valence-corrected chi connectivity index (χ0v) is 11.7. The van der Waals surface area contributed by atoms with Gasteiger partial charge < -0.3 is 5.32 Å². The fourth-order valence-corrected chi connectivity index (χ4v) is 3.07. The molecule has 0 aromatic carbocycles. The summed E-state index contributed by atoms with van der Waals surface area (Å²) < 4.78 is 0. The molecule has 2 nitrogen and oxygen atoms in total. The summed E-state index contributed by atoms with van der Waals surface area (Å²) >= 11 is 0. The second kappa shape index (κ2) is 5.00. The molecule has 0 aromatic rings. The molecule has 2 heteroatoms. The summed E-state index contributed by atoms with van der Waals surface area (Å²) in [6.07, 6.45) is 2.81. The van der Waals surface area contributed by atoms with E-state index < -0.39 is 0 Å². The van der Waals surface area contributed by atoms with Crippen LogP contribution in [0.25, 0.3) is 0 Å². The van der Waals surface area contributed by atoms with E-state index in [-0.39, 0.29) is 0 Å². The second-order valence-corrected chi connectivity index (χ2v) is 6.22. The van der Waals surface area contributed by atoms with Gasteiger partial charge in [-0.15, -0.1) is 5.92 Å². The van der Waals surface area contributed by atoms with E-state index in [4.69, 9.17) is 0 Å². The van der Waals surface area contributed by atoms with E-state index in [0.29, 0.717) is 17.5 Å². The first kappa shape index (κ1) is 12.9. The number of nitrogens with one attached hydrogen (secondary N) is 1. The summed E-state index contributed by atoms with van der Waals surface area (Å²) in [5, 5.41) is 3.81. The Morgan fingerprint density at radius 1 is 1.41 bits per heavy atom. The van der Waals surface area contributed by atoms with Gasteiger partial charge in [-0.25, -0.2) is 0 Å². The van der Waals surface area contributed by atoms with Crippen LogP contribution in [0, 0.1) is 23.7 Å². The van der Waals surface area contributed by atoms with Crippen molar-refractivity contribution in [1.82, 2.24) is 10.2 Å². The number of rotatable bonds is 3. The van der Waals surface area contributed by atoms with Crippen LogP contribution in [0.4, 0.5) is 0 Å². The average molecular weight is 234 g/mol. The van der Waals surface area contributed by atoms with Gasteiger partial charge in [-0.05, 0) is 38.5 Å². The van der Waals surface area contributed by atoms with E-state index in [0.717, 1.165) is 25.6 Å². The van der Waals surface area contributed by atoms with Crippen molar-refractivity contribution < 1.29 is 0 Å². The molecule has 1 aliphatic carbocycles. The lowest BCUT2D eigenvalue weighted by Crippen LogP contribution is -2.65. The normalized spacial score (nSPS) is 34.5. The Bertz CT molecular complexity index is 322. The Kier molecular flexibility index (Phi) is 3.80. The van der Waals surface area contributed by atoms with Crippen molar-refractivity contribution >= 4 is 0 Å². The van der Waals surface area contributed by atoms with Crippen LogP contribution in [0.3, 0.4) is 0 Å². The molecule has 1 aliphatic heterocycles. The number of piperazine rings is 1. The first-order valence-electron chi connectivity index (χ1n) is 6.95. The van der Waals surface area contributed by atoms with Gasteiger partial charge in [0.2, 0.25) is 0 Å². The molecule has 2 fully saturated rings. The Hall–Kier alpha value is -0.520. The van der Waals surface area contributed by atoms with Crippen LogP contribution in [-0.4, -0.2) is 36.1 Å². The zero-order chi connectivity index (χ0) is 12.5. The largest absolute Gasteiger partial charge is 0.308 e. The number of hydrogen-bond donors (Lipinski definition) is 1. The molecule has 2 atom stereocenters. The van der Waals surface area contributed by atoms with Crippen LogP contribution in [0.1, 0.15) is 40.5 Å². The molecule has 17 heavy (non-hydrogen) atoms. The molecule has 2 rings (SSSR count). The van der Waals surface area contributed by atoms with Crippen molar-refractivity contribution in [2.75, 3.05) is 19.6 Å². The average Bonchev–Trinajstić information content (AvgIpc) is 3.10. The van der Waals surface area contributed by atoms with Gasteiger partial charge >= 0.3 is 0 Å². The van der Waals surface area contributed by atoms with Crippen LogP contribution in [0.15, 0.2) is 0 Å². The molecule has 2 aliphatic rings. The fraction of sp³-hybridized carbons (Fsp3) is 0.867. The maximum absolute atomic E-state index is 3.81. The van der Waals surface area contributed by atoms with Crippen molar-refractivity contribution in [1.29, 1.82) is 0 Å². The monoisotopic (exact) mass is 234 g/mol. The minimum atomic E-state index is 0.334. The van der Waals surface area contributed by atoms with Crippen LogP contribution in [-0.2, 0) is 0 Å². The van der Waals surface area contributed by atoms with E-state index in [1.54, 1.807) is 0 Å². The second-order valence-electron chi connectivity index (χ2n) is 6.22. The molecule has 1 saturated heterocycles. The number of hydrogen-bond acceptors (Lipinski definition) is 2. The summed E-state index contributed by atoms with van der Waals surface area (Å²) in [5.74, 6) is 7.88. The van der Waals surface area contributed by atoms with E-state index in [9.17, 15) is 0 Å². The smallest absolute Gasteiger partial charge is 0.0605 e. The fourth-order valence-electron chi connectivity index (χ4n) is 3.07. The molecule has 1 saturated carbocycles. The Morgan fingerprint density at radius 2 is 2.12 bits per heavy atom. The summed E-state index contributed by atoms with van der Waals surface area (Å²) in [5.41, 5.74) is 0.334. The SMILES string of the molecule is CC#CCN1CC(C)(C2CC2)NCC1C(C)C. The van der Waals surface area contributed by atoms with Gasteiger partial charge in [0.25, 0.3) is 0 Å². The molecule has 96 valence electrons. The van der Waals surface area contributed by atoms with Gasteiger partial charge in [0, 0.05) is 24.7 Å². The predicted octanol–water partition coefficient (Wildman–Crippen LogP) is 2.11. The van der Waals surface area contributed by atoms with Crippen LogP contribution >= 0.6 is 0 Å². The quantitative estimate of drug-likeness (QED) is 0.752. The molecule has 1 N–H and O–H groups in total. The first-order valence-corrected chi connectivity index (χ1v) is 6.95. The first-order chi connectivity index (χ1) is 8.07. The molecular weight excluding hydrogens is 208 g/mol. The Labute approximate surface area is 106 Å². The molecule has 0 spiro atoms. The van der Waals surface area contributed by atoms with E-state index >= 15 is 0 Å². The lowest BCUT2D eigenvalue weighted by Gasteiger charge is -2.47. The van der Waals surface area contributed by atoms with Crippen LogP contribution in [0.2, 0.25) is 0 Å². The highest BCUT2D eigenvalue weighted by Crippen LogP contribution is 2.41. The molecule has 0 radical (unpaired) electrons. The van der Waals surface area contributed by atoms with Gasteiger partial charge in [0.15, 0.2) is 0 Å². The molecule has 1 heterocycles. The van der Waals surface area contributed by atoms with Gasteiger partial charge in [0.1, 0.15) is 0 Å². The van der Waals surface area contributed by atoms with E-state index in [2.05, 4.69) is 42.8 Å². The van der Waals surface area contributed by atoms with Crippen molar-refractivity contribution in [2.24, 2.45) is 11.8 Å². The third-order valence-corrected chi connectivity index (χ3v) is 4.42. The minimum absolute atomic E-state index is 0.334.